The van der Waals surface area contributed by atoms with Crippen molar-refractivity contribution in [2.45, 2.75) is 45.1 Å². The Morgan fingerprint density at radius 1 is 1.12 bits per heavy atom. The number of carboxylic acid groups (broad SMARTS) is 1. The number of nitrogens with one attached hydrogen (secondary N) is 1. The molecule has 0 saturated carbocycles. The van der Waals surface area contributed by atoms with Crippen LogP contribution in [0.1, 0.15) is 57.9 Å². The van der Waals surface area contributed by atoms with E-state index in [0.717, 1.165) is 42.4 Å². The lowest BCUT2D eigenvalue weighted by molar-refractivity contribution is -0.137. The number of carbonyl (C=O) groups excluding carboxylic acids is 1. The third-order valence-electron chi connectivity index (χ3n) is 4.77. The van der Waals surface area contributed by atoms with E-state index in [4.69, 9.17) is 0 Å². The SMILES string of the molecule is Cc1cccc(C(CC(=O)O)NC(=O)c2cccc3c2CCCC3)c1. The van der Waals surface area contributed by atoms with Crippen molar-refractivity contribution in [2.24, 2.45) is 0 Å². The molecule has 0 spiro atoms. The van der Waals surface area contributed by atoms with Gasteiger partial charge >= 0.3 is 5.97 Å². The van der Waals surface area contributed by atoms with Crippen LogP contribution in [-0.2, 0) is 17.6 Å². The Balaban J connectivity index is 1.87. The van der Waals surface area contributed by atoms with E-state index in [1.54, 1.807) is 0 Å². The maximum Gasteiger partial charge on any atom is 0.305 e. The maximum atomic E-state index is 12.9. The van der Waals surface area contributed by atoms with E-state index in [0.29, 0.717) is 5.56 Å². The predicted octanol–water partition coefficient (Wildman–Crippen LogP) is 3.82. The number of aliphatic carboxylic acids is 1. The Morgan fingerprint density at radius 3 is 2.64 bits per heavy atom. The quantitative estimate of drug-likeness (QED) is 0.871. The van der Waals surface area contributed by atoms with Gasteiger partial charge in [0.2, 0.25) is 0 Å². The van der Waals surface area contributed by atoms with Gasteiger partial charge in [-0.15, -0.1) is 0 Å². The van der Waals surface area contributed by atoms with Gasteiger partial charge in [0.15, 0.2) is 0 Å². The van der Waals surface area contributed by atoms with Crippen LogP contribution in [0.4, 0.5) is 0 Å². The number of hydrogen-bond acceptors (Lipinski definition) is 2. The van der Waals surface area contributed by atoms with Crippen LogP contribution < -0.4 is 5.32 Å². The summed E-state index contributed by atoms with van der Waals surface area (Å²) in [4.78, 5) is 24.1. The summed E-state index contributed by atoms with van der Waals surface area (Å²) in [6.07, 6.45) is 4.03. The molecule has 2 N–H and O–H groups in total. The zero-order chi connectivity index (χ0) is 17.8. The molecule has 3 rings (SSSR count). The molecule has 0 aromatic heterocycles. The van der Waals surface area contributed by atoms with Crippen molar-refractivity contribution in [3.63, 3.8) is 0 Å². The van der Waals surface area contributed by atoms with Crippen molar-refractivity contribution < 1.29 is 14.7 Å². The lowest BCUT2D eigenvalue weighted by Crippen LogP contribution is -2.31. The first-order valence-corrected chi connectivity index (χ1v) is 8.74. The summed E-state index contributed by atoms with van der Waals surface area (Å²) in [7, 11) is 0. The first-order chi connectivity index (χ1) is 12.0. The Bertz CT molecular complexity index is 797. The minimum absolute atomic E-state index is 0.135. The second-order valence-corrected chi connectivity index (χ2v) is 6.69. The van der Waals surface area contributed by atoms with E-state index in [2.05, 4.69) is 11.4 Å². The molecular formula is C21H23NO3. The fourth-order valence-electron chi connectivity index (χ4n) is 3.54. The molecule has 1 aliphatic rings. The van der Waals surface area contributed by atoms with Gasteiger partial charge < -0.3 is 10.4 Å². The van der Waals surface area contributed by atoms with Gasteiger partial charge in [0.25, 0.3) is 5.91 Å². The highest BCUT2D eigenvalue weighted by Crippen LogP contribution is 2.26. The minimum Gasteiger partial charge on any atom is -0.481 e. The summed E-state index contributed by atoms with van der Waals surface area (Å²) in [5, 5.41) is 12.2. The molecule has 0 heterocycles. The normalized spacial score (nSPS) is 14.4. The van der Waals surface area contributed by atoms with Gasteiger partial charge in [-0.2, -0.15) is 0 Å². The molecule has 0 aliphatic heterocycles. The molecule has 1 aliphatic carbocycles. The highest BCUT2D eigenvalue weighted by molar-refractivity contribution is 5.96. The molecule has 25 heavy (non-hydrogen) atoms. The van der Waals surface area contributed by atoms with Crippen LogP contribution in [0.2, 0.25) is 0 Å². The number of carboxylic acids is 1. The summed E-state index contributed by atoms with van der Waals surface area (Å²) < 4.78 is 0. The van der Waals surface area contributed by atoms with Gasteiger partial charge in [0.05, 0.1) is 12.5 Å². The molecule has 0 radical (unpaired) electrons. The highest BCUT2D eigenvalue weighted by Gasteiger charge is 2.22. The zero-order valence-corrected chi connectivity index (χ0v) is 14.4. The van der Waals surface area contributed by atoms with Crippen LogP contribution in [0.3, 0.4) is 0 Å². The number of carbonyl (C=O) groups is 2. The lowest BCUT2D eigenvalue weighted by atomic mass is 9.88. The average Bonchev–Trinajstić information content (AvgIpc) is 2.60. The first-order valence-electron chi connectivity index (χ1n) is 8.74. The van der Waals surface area contributed by atoms with E-state index in [1.165, 1.54) is 5.56 Å². The molecule has 1 amide bonds. The number of amides is 1. The predicted molar refractivity (Wildman–Crippen MR) is 96.7 cm³/mol. The third-order valence-corrected chi connectivity index (χ3v) is 4.77. The average molecular weight is 337 g/mol. The zero-order valence-electron chi connectivity index (χ0n) is 14.4. The van der Waals surface area contributed by atoms with Crippen molar-refractivity contribution in [3.8, 4) is 0 Å². The Kier molecular flexibility index (Phi) is 5.17. The molecule has 2 aromatic rings. The largest absolute Gasteiger partial charge is 0.481 e. The van der Waals surface area contributed by atoms with Crippen molar-refractivity contribution >= 4 is 11.9 Å². The third kappa shape index (κ3) is 4.08. The molecule has 2 aromatic carbocycles. The van der Waals surface area contributed by atoms with Gasteiger partial charge in [-0.25, -0.2) is 0 Å². The van der Waals surface area contributed by atoms with Crippen LogP contribution >= 0.6 is 0 Å². The van der Waals surface area contributed by atoms with Gasteiger partial charge in [0, 0.05) is 5.56 Å². The Morgan fingerprint density at radius 2 is 1.88 bits per heavy atom. The van der Waals surface area contributed by atoms with E-state index in [1.807, 2.05) is 43.3 Å². The topological polar surface area (TPSA) is 66.4 Å². The molecule has 1 atom stereocenters. The summed E-state index contributed by atoms with van der Waals surface area (Å²) in [5.41, 5.74) is 4.90. The maximum absolute atomic E-state index is 12.9. The van der Waals surface area contributed by atoms with Gasteiger partial charge in [0.1, 0.15) is 0 Å². The summed E-state index contributed by atoms with van der Waals surface area (Å²) in [6.45, 7) is 1.96. The van der Waals surface area contributed by atoms with Gasteiger partial charge in [-0.1, -0.05) is 42.0 Å². The molecule has 0 saturated heterocycles. The molecular weight excluding hydrogens is 314 g/mol. The molecule has 4 nitrogen and oxygen atoms in total. The summed E-state index contributed by atoms with van der Waals surface area (Å²) in [6, 6.07) is 12.9. The van der Waals surface area contributed by atoms with Gasteiger partial charge in [-0.3, -0.25) is 9.59 Å². The molecule has 4 heteroatoms. The minimum atomic E-state index is -0.929. The number of aryl methyl sites for hydroxylation is 2. The van der Waals surface area contributed by atoms with Crippen LogP contribution in [0, 0.1) is 6.92 Å². The summed E-state index contributed by atoms with van der Waals surface area (Å²) in [5.74, 6) is -1.12. The monoisotopic (exact) mass is 337 g/mol. The second kappa shape index (κ2) is 7.51. The van der Waals surface area contributed by atoms with Crippen LogP contribution in [-0.4, -0.2) is 17.0 Å². The van der Waals surface area contributed by atoms with Crippen molar-refractivity contribution in [2.75, 3.05) is 0 Å². The molecule has 130 valence electrons. The van der Waals surface area contributed by atoms with E-state index >= 15 is 0 Å². The fraction of sp³-hybridized carbons (Fsp3) is 0.333. The summed E-state index contributed by atoms with van der Waals surface area (Å²) >= 11 is 0. The molecule has 0 bridgehead atoms. The molecule has 1 unspecified atom stereocenters. The van der Waals surface area contributed by atoms with E-state index < -0.39 is 12.0 Å². The van der Waals surface area contributed by atoms with Crippen molar-refractivity contribution in [1.29, 1.82) is 0 Å². The number of benzene rings is 2. The molecule has 0 fully saturated rings. The Labute approximate surface area is 147 Å². The van der Waals surface area contributed by atoms with Crippen molar-refractivity contribution in [1.82, 2.24) is 5.32 Å². The van der Waals surface area contributed by atoms with Crippen molar-refractivity contribution in [3.05, 3.63) is 70.3 Å². The first kappa shape index (κ1) is 17.2. The van der Waals surface area contributed by atoms with E-state index in [-0.39, 0.29) is 12.3 Å². The van der Waals surface area contributed by atoms with Gasteiger partial charge in [-0.05, 0) is 55.4 Å². The standard InChI is InChI=1S/C21H23NO3/c1-14-6-4-9-16(12-14)19(13-20(23)24)22-21(25)18-11-5-8-15-7-2-3-10-17(15)18/h4-6,8-9,11-12,19H,2-3,7,10,13H2,1H3,(H,22,25)(H,23,24). The Hall–Kier alpha value is -2.62. The van der Waals surface area contributed by atoms with Crippen LogP contribution in [0.25, 0.3) is 0 Å². The lowest BCUT2D eigenvalue weighted by Gasteiger charge is -2.22. The smallest absolute Gasteiger partial charge is 0.305 e. The highest BCUT2D eigenvalue weighted by atomic mass is 16.4. The number of hydrogen-bond donors (Lipinski definition) is 2. The fourth-order valence-corrected chi connectivity index (χ4v) is 3.54. The second-order valence-electron chi connectivity index (χ2n) is 6.69. The van der Waals surface area contributed by atoms with Crippen LogP contribution in [0.15, 0.2) is 42.5 Å². The van der Waals surface area contributed by atoms with E-state index in [9.17, 15) is 14.7 Å². The van der Waals surface area contributed by atoms with Crippen LogP contribution in [0.5, 0.6) is 0 Å². The number of fused-ring (bicyclic) bond motifs is 1. The number of rotatable bonds is 5.